The monoisotopic (exact) mass is 641 g/mol. The van der Waals surface area contributed by atoms with Gasteiger partial charge in [0.05, 0.1) is 28.4 Å². The highest BCUT2D eigenvalue weighted by molar-refractivity contribution is 9.10. The number of carboxylic acid groups (broad SMARTS) is 1. The number of sulfone groups is 1. The van der Waals surface area contributed by atoms with Crippen molar-refractivity contribution in [1.82, 2.24) is 4.90 Å². The molecule has 2 fully saturated rings. The van der Waals surface area contributed by atoms with Crippen LogP contribution in [0.15, 0.2) is 51.8 Å². The lowest BCUT2D eigenvalue weighted by molar-refractivity contribution is -0.200. The maximum Gasteiger partial charge on any atom is 0.422 e. The number of benzene rings is 2. The predicted molar refractivity (Wildman–Crippen MR) is 129 cm³/mol. The number of carboxylic acids is 1. The molecule has 0 aromatic heterocycles. The summed E-state index contributed by atoms with van der Waals surface area (Å²) in [6, 6.07) is 7.82. The molecule has 38 heavy (non-hydrogen) atoms. The van der Waals surface area contributed by atoms with E-state index in [2.05, 4.69) is 20.7 Å². The Bertz CT molecular complexity index is 1330. The Kier molecular flexibility index (Phi) is 8.01. The molecule has 2 aromatic carbocycles. The normalized spacial score (nSPS) is 21.4. The summed E-state index contributed by atoms with van der Waals surface area (Å²) in [5.41, 5.74) is 0.302. The first kappa shape index (κ1) is 28.6. The van der Waals surface area contributed by atoms with Gasteiger partial charge in [-0.15, -0.1) is 0 Å². The third kappa shape index (κ3) is 5.64. The van der Waals surface area contributed by atoms with Crippen molar-refractivity contribution in [3.8, 4) is 5.75 Å². The summed E-state index contributed by atoms with van der Waals surface area (Å²) in [7, 11) is -4.33. The van der Waals surface area contributed by atoms with Crippen molar-refractivity contribution < 1.29 is 50.5 Å². The lowest BCUT2D eigenvalue weighted by Gasteiger charge is -2.32. The number of carbonyl (C=O) groups excluding carboxylic acids is 1. The van der Waals surface area contributed by atoms with Gasteiger partial charge in [-0.3, -0.25) is 4.79 Å². The zero-order chi connectivity index (χ0) is 27.9. The van der Waals surface area contributed by atoms with Crippen LogP contribution >= 0.6 is 27.5 Å². The molecule has 206 valence electrons. The van der Waals surface area contributed by atoms with E-state index in [1.807, 2.05) is 0 Å². The maximum atomic E-state index is 13.7. The SMILES string of the molecule is O=C(O)[C@@H]1C[C@@H](S(=O)(=O)c2ccc(OCC(F)(F)F)cc2Cl)CN1C(=O)C1(c2ccc(Br)cc2)OCCO1. The van der Waals surface area contributed by atoms with E-state index < -0.39 is 74.5 Å². The van der Waals surface area contributed by atoms with Gasteiger partial charge in [-0.1, -0.05) is 39.7 Å². The van der Waals surface area contributed by atoms with E-state index in [-0.39, 0.29) is 19.0 Å². The number of alkyl halides is 3. The Morgan fingerprint density at radius 3 is 2.34 bits per heavy atom. The number of hydrogen-bond acceptors (Lipinski definition) is 7. The van der Waals surface area contributed by atoms with Gasteiger partial charge in [0.2, 0.25) is 0 Å². The minimum atomic E-state index is -4.61. The van der Waals surface area contributed by atoms with E-state index in [9.17, 15) is 36.3 Å². The van der Waals surface area contributed by atoms with Crippen LogP contribution in [0.25, 0.3) is 0 Å². The number of likely N-dealkylation sites (tertiary alicyclic amines) is 1. The van der Waals surface area contributed by atoms with Crippen molar-refractivity contribution >= 4 is 49.2 Å². The summed E-state index contributed by atoms with van der Waals surface area (Å²) in [4.78, 5) is 26.3. The van der Waals surface area contributed by atoms with Crippen molar-refractivity contribution in [2.45, 2.75) is 34.6 Å². The van der Waals surface area contributed by atoms with Gasteiger partial charge in [-0.05, 0) is 30.7 Å². The van der Waals surface area contributed by atoms with Gasteiger partial charge in [0.1, 0.15) is 11.8 Å². The second-order valence-electron chi connectivity index (χ2n) is 8.53. The molecule has 0 bridgehead atoms. The van der Waals surface area contributed by atoms with Crippen LogP contribution in [-0.2, 0) is 34.7 Å². The molecule has 2 atom stereocenters. The van der Waals surface area contributed by atoms with E-state index in [0.717, 1.165) is 23.1 Å². The average Bonchev–Trinajstić information content (AvgIpc) is 3.51. The number of amides is 1. The number of hydrogen-bond donors (Lipinski definition) is 1. The van der Waals surface area contributed by atoms with Gasteiger partial charge in [0, 0.05) is 22.6 Å². The molecular weight excluding hydrogens is 623 g/mol. The maximum absolute atomic E-state index is 13.7. The minimum Gasteiger partial charge on any atom is -0.484 e. The first-order chi connectivity index (χ1) is 17.7. The second-order valence-corrected chi connectivity index (χ2v) is 12.1. The zero-order valence-corrected chi connectivity index (χ0v) is 22.4. The Labute approximate surface area is 228 Å². The average molecular weight is 643 g/mol. The number of aliphatic carboxylic acids is 1. The third-order valence-corrected chi connectivity index (χ3v) is 9.20. The molecular formula is C23H20BrClF3NO8S. The summed E-state index contributed by atoms with van der Waals surface area (Å²) < 4.78 is 80.8. The molecule has 2 aliphatic rings. The van der Waals surface area contributed by atoms with Crippen LogP contribution in [-0.4, -0.2) is 74.1 Å². The van der Waals surface area contributed by atoms with Crippen molar-refractivity contribution in [3.63, 3.8) is 0 Å². The van der Waals surface area contributed by atoms with Crippen LogP contribution in [0, 0.1) is 0 Å². The molecule has 1 amide bonds. The molecule has 0 spiro atoms. The van der Waals surface area contributed by atoms with Crippen molar-refractivity contribution in [2.75, 3.05) is 26.4 Å². The zero-order valence-electron chi connectivity index (χ0n) is 19.3. The number of carbonyl (C=O) groups is 2. The topological polar surface area (TPSA) is 119 Å². The number of halogens is 5. The van der Waals surface area contributed by atoms with Crippen LogP contribution in [0.1, 0.15) is 12.0 Å². The fourth-order valence-corrected chi connectivity index (χ4v) is 6.81. The second kappa shape index (κ2) is 10.6. The van der Waals surface area contributed by atoms with Crippen LogP contribution in [0.4, 0.5) is 13.2 Å². The summed E-state index contributed by atoms with van der Waals surface area (Å²) in [6.07, 6.45) is -5.06. The van der Waals surface area contributed by atoms with Crippen LogP contribution in [0.5, 0.6) is 5.75 Å². The smallest absolute Gasteiger partial charge is 0.422 e. The van der Waals surface area contributed by atoms with Crippen molar-refractivity contribution in [1.29, 1.82) is 0 Å². The standard InChI is InChI=1S/C23H20BrClF3NO8S/c24-14-3-1-13(2-4-14)23(36-7-8-37-23)21(32)29-11-16(10-18(29)20(30)31)38(33,34)19-6-5-15(9-17(19)25)35-12-22(26,27)28/h1-6,9,16,18H,7-8,10-12H2,(H,30,31)/t16-,18+/m1/s1. The molecule has 15 heteroatoms. The molecule has 1 N–H and O–H groups in total. The molecule has 2 aliphatic heterocycles. The van der Waals surface area contributed by atoms with Gasteiger partial charge >= 0.3 is 12.1 Å². The van der Waals surface area contributed by atoms with E-state index in [1.54, 1.807) is 24.3 Å². The molecule has 4 rings (SSSR count). The highest BCUT2D eigenvalue weighted by Gasteiger charge is 2.55. The molecule has 2 heterocycles. The fourth-order valence-electron chi connectivity index (χ4n) is 4.31. The molecule has 9 nitrogen and oxygen atoms in total. The predicted octanol–water partition coefficient (Wildman–Crippen LogP) is 3.77. The molecule has 0 unspecified atom stereocenters. The summed E-state index contributed by atoms with van der Waals surface area (Å²) in [5, 5.41) is 8.04. The van der Waals surface area contributed by atoms with Gasteiger partial charge in [-0.25, -0.2) is 13.2 Å². The van der Waals surface area contributed by atoms with E-state index >= 15 is 0 Å². The number of rotatable bonds is 7. The Morgan fingerprint density at radius 1 is 1.16 bits per heavy atom. The van der Waals surface area contributed by atoms with Crippen LogP contribution in [0.3, 0.4) is 0 Å². The van der Waals surface area contributed by atoms with Gasteiger partial charge < -0.3 is 24.2 Å². The molecule has 2 aromatic rings. The summed E-state index contributed by atoms with van der Waals surface area (Å²) >= 11 is 9.37. The van der Waals surface area contributed by atoms with E-state index in [1.165, 1.54) is 0 Å². The van der Waals surface area contributed by atoms with Crippen LogP contribution < -0.4 is 4.74 Å². The van der Waals surface area contributed by atoms with Crippen molar-refractivity contribution in [3.05, 3.63) is 57.5 Å². The first-order valence-corrected chi connectivity index (χ1v) is 13.8. The number of ether oxygens (including phenoxy) is 3. The van der Waals surface area contributed by atoms with E-state index in [4.69, 9.17) is 21.1 Å². The highest BCUT2D eigenvalue weighted by Crippen LogP contribution is 2.39. The fraction of sp³-hybridized carbons (Fsp3) is 0.391. The lowest BCUT2D eigenvalue weighted by Crippen LogP contribution is -2.51. The quantitative estimate of drug-likeness (QED) is 0.485. The van der Waals surface area contributed by atoms with E-state index in [0.29, 0.717) is 10.0 Å². The van der Waals surface area contributed by atoms with Gasteiger partial charge in [0.15, 0.2) is 16.4 Å². The molecule has 0 aliphatic carbocycles. The Morgan fingerprint density at radius 2 is 1.79 bits per heavy atom. The first-order valence-electron chi connectivity index (χ1n) is 11.1. The lowest BCUT2D eigenvalue weighted by atomic mass is 10.0. The molecule has 0 radical (unpaired) electrons. The largest absolute Gasteiger partial charge is 0.484 e. The van der Waals surface area contributed by atoms with Gasteiger partial charge in [0.25, 0.3) is 11.7 Å². The van der Waals surface area contributed by atoms with Crippen LogP contribution in [0.2, 0.25) is 5.02 Å². The third-order valence-electron chi connectivity index (χ3n) is 6.06. The summed E-state index contributed by atoms with van der Waals surface area (Å²) in [5.74, 6) is -4.56. The highest BCUT2D eigenvalue weighted by atomic mass is 79.9. The Hall–Kier alpha value is -2.39. The number of nitrogens with zero attached hydrogens (tertiary/aromatic N) is 1. The minimum absolute atomic E-state index is 0.0491. The van der Waals surface area contributed by atoms with Crippen molar-refractivity contribution in [2.24, 2.45) is 0 Å². The molecule has 0 saturated carbocycles. The summed E-state index contributed by atoms with van der Waals surface area (Å²) in [6.45, 7) is -2.01. The molecule has 2 saturated heterocycles. The van der Waals surface area contributed by atoms with Gasteiger partial charge in [-0.2, -0.15) is 13.2 Å². The Balaban J connectivity index is 1.62.